The number of hydrogen-bond acceptors (Lipinski definition) is 2. The molecule has 0 radical (unpaired) electrons. The minimum absolute atomic E-state index is 0.0838. The van der Waals surface area contributed by atoms with Crippen LogP contribution in [0.2, 0.25) is 5.02 Å². The van der Waals surface area contributed by atoms with E-state index in [1.54, 1.807) is 6.07 Å². The van der Waals surface area contributed by atoms with E-state index in [0.717, 1.165) is 5.56 Å². The van der Waals surface area contributed by atoms with Crippen LogP contribution in [0.1, 0.15) is 11.1 Å². The summed E-state index contributed by atoms with van der Waals surface area (Å²) in [4.78, 5) is 12.1. The SMILES string of the molecule is NC(Cc1ccccc1)C(=O)Cc1c(F)cccc1Cl. The molecule has 0 aromatic heterocycles. The molecular weight excluding hydrogens is 277 g/mol. The first kappa shape index (κ1) is 14.7. The van der Waals surface area contributed by atoms with Crippen LogP contribution in [0.5, 0.6) is 0 Å². The molecule has 4 heteroatoms. The van der Waals surface area contributed by atoms with Gasteiger partial charge in [0.05, 0.1) is 6.04 Å². The Bertz CT molecular complexity index is 580. The van der Waals surface area contributed by atoms with Crippen LogP contribution in [0.3, 0.4) is 0 Å². The Hall–Kier alpha value is -1.71. The molecule has 0 aliphatic heterocycles. The van der Waals surface area contributed by atoms with Crippen LogP contribution in [0.25, 0.3) is 0 Å². The van der Waals surface area contributed by atoms with Gasteiger partial charge in [0.15, 0.2) is 5.78 Å². The molecule has 104 valence electrons. The average Bonchev–Trinajstić information content (AvgIpc) is 2.44. The van der Waals surface area contributed by atoms with Gasteiger partial charge in [-0.3, -0.25) is 4.79 Å². The molecule has 0 aliphatic carbocycles. The van der Waals surface area contributed by atoms with Crippen LogP contribution in [0, 0.1) is 5.82 Å². The van der Waals surface area contributed by atoms with Gasteiger partial charge in [-0.25, -0.2) is 4.39 Å². The topological polar surface area (TPSA) is 43.1 Å². The Balaban J connectivity index is 2.05. The molecule has 2 rings (SSSR count). The molecule has 0 bridgehead atoms. The number of carbonyl (C=O) groups is 1. The van der Waals surface area contributed by atoms with Crippen molar-refractivity contribution < 1.29 is 9.18 Å². The molecule has 2 aromatic rings. The maximum absolute atomic E-state index is 13.6. The zero-order chi connectivity index (χ0) is 14.5. The quantitative estimate of drug-likeness (QED) is 0.919. The van der Waals surface area contributed by atoms with Crippen LogP contribution < -0.4 is 5.73 Å². The van der Waals surface area contributed by atoms with E-state index in [1.165, 1.54) is 12.1 Å². The summed E-state index contributed by atoms with van der Waals surface area (Å²) in [6.07, 6.45) is 0.352. The number of benzene rings is 2. The van der Waals surface area contributed by atoms with Crippen molar-refractivity contribution in [3.8, 4) is 0 Å². The lowest BCUT2D eigenvalue weighted by molar-refractivity contribution is -0.119. The van der Waals surface area contributed by atoms with Crippen molar-refractivity contribution >= 4 is 17.4 Å². The first-order chi connectivity index (χ1) is 9.58. The van der Waals surface area contributed by atoms with Crippen LogP contribution in [-0.4, -0.2) is 11.8 Å². The largest absolute Gasteiger partial charge is 0.321 e. The van der Waals surface area contributed by atoms with Gasteiger partial charge in [-0.05, 0) is 24.1 Å². The second-order valence-electron chi connectivity index (χ2n) is 4.64. The van der Waals surface area contributed by atoms with Crippen molar-refractivity contribution in [1.82, 2.24) is 0 Å². The van der Waals surface area contributed by atoms with Crippen molar-refractivity contribution in [2.45, 2.75) is 18.9 Å². The monoisotopic (exact) mass is 291 g/mol. The molecule has 0 spiro atoms. The highest BCUT2D eigenvalue weighted by Gasteiger charge is 2.18. The van der Waals surface area contributed by atoms with Crippen molar-refractivity contribution in [2.75, 3.05) is 0 Å². The maximum atomic E-state index is 13.6. The van der Waals surface area contributed by atoms with Crippen LogP contribution in [-0.2, 0) is 17.6 Å². The molecule has 0 saturated carbocycles. The van der Waals surface area contributed by atoms with Crippen molar-refractivity contribution in [1.29, 1.82) is 0 Å². The maximum Gasteiger partial charge on any atom is 0.154 e. The summed E-state index contributed by atoms with van der Waals surface area (Å²) in [5, 5.41) is 0.255. The number of ketones is 1. The molecule has 1 unspecified atom stereocenters. The van der Waals surface area contributed by atoms with Gasteiger partial charge in [0, 0.05) is 17.0 Å². The lowest BCUT2D eigenvalue weighted by atomic mass is 9.98. The van der Waals surface area contributed by atoms with E-state index < -0.39 is 11.9 Å². The summed E-state index contributed by atoms with van der Waals surface area (Å²) in [7, 11) is 0. The molecule has 20 heavy (non-hydrogen) atoms. The van der Waals surface area contributed by atoms with E-state index in [-0.39, 0.29) is 22.8 Å². The van der Waals surface area contributed by atoms with Crippen molar-refractivity contribution in [3.63, 3.8) is 0 Å². The van der Waals surface area contributed by atoms with Crippen LogP contribution in [0.4, 0.5) is 4.39 Å². The lowest BCUT2D eigenvalue weighted by Crippen LogP contribution is -2.34. The highest BCUT2D eigenvalue weighted by molar-refractivity contribution is 6.31. The number of hydrogen-bond donors (Lipinski definition) is 1. The molecule has 0 saturated heterocycles. The van der Waals surface area contributed by atoms with Gasteiger partial charge >= 0.3 is 0 Å². The highest BCUT2D eigenvalue weighted by Crippen LogP contribution is 2.20. The molecule has 2 N–H and O–H groups in total. The Morgan fingerprint density at radius 2 is 1.85 bits per heavy atom. The third kappa shape index (κ3) is 3.65. The first-order valence-corrected chi connectivity index (χ1v) is 6.71. The minimum atomic E-state index is -0.659. The first-order valence-electron chi connectivity index (χ1n) is 6.33. The predicted molar refractivity (Wildman–Crippen MR) is 78.2 cm³/mol. The second-order valence-corrected chi connectivity index (χ2v) is 5.05. The van der Waals surface area contributed by atoms with Gasteiger partial charge in [-0.2, -0.15) is 0 Å². The summed E-state index contributed by atoms with van der Waals surface area (Å²) >= 11 is 5.91. The lowest BCUT2D eigenvalue weighted by Gasteiger charge is -2.12. The Morgan fingerprint density at radius 3 is 2.50 bits per heavy atom. The van der Waals surface area contributed by atoms with Gasteiger partial charge < -0.3 is 5.73 Å². The van der Waals surface area contributed by atoms with Gasteiger partial charge in [0.2, 0.25) is 0 Å². The Kier molecular flexibility index (Phi) is 4.88. The summed E-state index contributed by atoms with van der Waals surface area (Å²) in [5.41, 5.74) is 7.07. The molecule has 0 amide bonds. The fraction of sp³-hybridized carbons (Fsp3) is 0.188. The Labute approximate surface area is 122 Å². The normalized spacial score (nSPS) is 12.2. The minimum Gasteiger partial charge on any atom is -0.321 e. The molecule has 1 atom stereocenters. The zero-order valence-electron chi connectivity index (χ0n) is 10.9. The van der Waals surface area contributed by atoms with Crippen molar-refractivity contribution in [2.24, 2.45) is 5.73 Å². The zero-order valence-corrected chi connectivity index (χ0v) is 11.6. The van der Waals surface area contributed by atoms with Crippen molar-refractivity contribution in [3.05, 3.63) is 70.5 Å². The van der Waals surface area contributed by atoms with E-state index >= 15 is 0 Å². The number of rotatable bonds is 5. The third-order valence-corrected chi connectivity index (χ3v) is 3.48. The highest BCUT2D eigenvalue weighted by atomic mass is 35.5. The van der Waals surface area contributed by atoms with E-state index in [2.05, 4.69) is 0 Å². The van der Waals surface area contributed by atoms with Gasteiger partial charge in [0.25, 0.3) is 0 Å². The van der Waals surface area contributed by atoms with E-state index in [1.807, 2.05) is 30.3 Å². The number of nitrogens with two attached hydrogens (primary N) is 1. The summed E-state index contributed by atoms with van der Waals surface area (Å²) in [6.45, 7) is 0. The molecule has 2 aromatic carbocycles. The standard InChI is InChI=1S/C16H15ClFNO/c17-13-7-4-8-14(18)12(13)10-16(20)15(19)9-11-5-2-1-3-6-11/h1-8,15H,9-10,19H2. The van der Waals surface area contributed by atoms with E-state index in [0.29, 0.717) is 6.42 Å². The third-order valence-electron chi connectivity index (χ3n) is 3.12. The van der Waals surface area contributed by atoms with Gasteiger partial charge in [0.1, 0.15) is 5.82 Å². The van der Waals surface area contributed by atoms with Crippen LogP contribution in [0.15, 0.2) is 48.5 Å². The number of Topliss-reactive ketones (excluding diaryl/α,β-unsaturated/α-hetero) is 1. The molecule has 0 aliphatic rings. The summed E-state index contributed by atoms with van der Waals surface area (Å²) in [5.74, 6) is -0.696. The molecule has 0 fully saturated rings. The second kappa shape index (κ2) is 6.64. The van der Waals surface area contributed by atoms with E-state index in [4.69, 9.17) is 17.3 Å². The average molecular weight is 292 g/mol. The molecule has 0 heterocycles. The molecular formula is C16H15ClFNO. The number of carbonyl (C=O) groups excluding carboxylic acids is 1. The molecule has 2 nitrogen and oxygen atoms in total. The van der Waals surface area contributed by atoms with Gasteiger partial charge in [-0.15, -0.1) is 0 Å². The Morgan fingerprint density at radius 1 is 1.15 bits per heavy atom. The van der Waals surface area contributed by atoms with E-state index in [9.17, 15) is 9.18 Å². The number of halogens is 2. The summed E-state index contributed by atoms with van der Waals surface area (Å²) in [6, 6.07) is 13.2. The van der Waals surface area contributed by atoms with Crippen LogP contribution >= 0.6 is 11.6 Å². The fourth-order valence-corrected chi connectivity index (χ4v) is 2.22. The predicted octanol–water partition coefficient (Wildman–Crippen LogP) is 3.16. The summed E-state index contributed by atoms with van der Waals surface area (Å²) < 4.78 is 13.6. The van der Waals surface area contributed by atoms with Gasteiger partial charge in [-0.1, -0.05) is 48.0 Å². The smallest absolute Gasteiger partial charge is 0.154 e. The fourth-order valence-electron chi connectivity index (χ4n) is 1.99.